The molecule has 0 aliphatic rings. The summed E-state index contributed by atoms with van der Waals surface area (Å²) in [6.45, 7) is 4.57. The van der Waals surface area contributed by atoms with Gasteiger partial charge in [0, 0.05) is 0 Å². The van der Waals surface area contributed by atoms with Crippen molar-refractivity contribution in [1.82, 2.24) is 0 Å². The third-order valence-electron chi connectivity index (χ3n) is 0.500. The topological polar surface area (TPSA) is 0 Å². The Morgan fingerprint density at radius 2 is 1.60 bits per heavy atom. The normalized spacial score (nSPS) is 6.80. The molecule has 28 valence electrons. The summed E-state index contributed by atoms with van der Waals surface area (Å²) in [4.78, 5) is 0. The van der Waals surface area contributed by atoms with Crippen LogP contribution < -0.4 is 0 Å². The maximum absolute atomic E-state index is 2.29. The van der Waals surface area contributed by atoms with Crippen molar-refractivity contribution < 1.29 is 0 Å². The Labute approximate surface area is 44.2 Å². The van der Waals surface area contributed by atoms with Crippen LogP contribution in [0.1, 0.15) is 13.8 Å². The Morgan fingerprint density at radius 1 is 1.20 bits per heavy atom. The minimum absolute atomic E-state index is 0.218. The van der Waals surface area contributed by atoms with E-state index in [0.29, 0.717) is 0 Å². The first-order valence-corrected chi connectivity index (χ1v) is 6.16. The molecule has 0 rings (SSSR count). The summed E-state index contributed by atoms with van der Waals surface area (Å²) in [5, 5.41) is 0. The Morgan fingerprint density at radius 3 is 1.60 bits per heavy atom. The van der Waals surface area contributed by atoms with E-state index in [1.54, 1.807) is 0 Å². The van der Waals surface area contributed by atoms with E-state index in [1.807, 2.05) is 0 Å². The predicted octanol–water partition coefficient (Wildman–Crippen LogP) is 1.57. The van der Waals surface area contributed by atoms with Crippen molar-refractivity contribution in [2.75, 3.05) is 0 Å². The molecule has 0 aromatic carbocycles. The van der Waals surface area contributed by atoms with Gasteiger partial charge in [-0.1, -0.05) is 0 Å². The summed E-state index contributed by atoms with van der Waals surface area (Å²) in [6, 6.07) is 0. The molecule has 0 amide bonds. The van der Waals surface area contributed by atoms with Crippen molar-refractivity contribution in [2.24, 2.45) is 0 Å². The molecule has 0 unspecified atom stereocenters. The van der Waals surface area contributed by atoms with Gasteiger partial charge in [-0.2, -0.15) is 0 Å². The summed E-state index contributed by atoms with van der Waals surface area (Å²) in [7, 11) is 0. The van der Waals surface area contributed by atoms with Gasteiger partial charge in [0.15, 0.2) is 0 Å². The van der Waals surface area contributed by atoms with Crippen molar-refractivity contribution in [3.8, 4) is 0 Å². The maximum atomic E-state index is 2.29. The number of hydrogen-bond acceptors (Lipinski definition) is 0. The van der Waals surface area contributed by atoms with Gasteiger partial charge in [-0.25, -0.2) is 0 Å². The second-order valence-corrected chi connectivity index (χ2v) is 6.42. The first-order valence-electron chi connectivity index (χ1n) is 2.12. The second-order valence-electron chi connectivity index (χ2n) is 0.957. The zero-order chi connectivity index (χ0) is 4.12. The van der Waals surface area contributed by atoms with Crippen molar-refractivity contribution in [3.63, 3.8) is 0 Å². The fourth-order valence-electron chi connectivity index (χ4n) is 0.250. The average molecular weight is 177 g/mol. The molecule has 0 saturated heterocycles. The van der Waals surface area contributed by atoms with Crippen LogP contribution in [0, 0.1) is 0 Å². The average Bonchev–Trinajstić information content (AvgIpc) is 1.41. The Kier molecular flexibility index (Phi) is 5.57. The first kappa shape index (κ1) is 5.80. The number of rotatable bonds is 2. The minimum atomic E-state index is 0.218. The van der Waals surface area contributed by atoms with Crippen LogP contribution in [0.4, 0.5) is 0 Å². The van der Waals surface area contributed by atoms with Gasteiger partial charge < -0.3 is 0 Å². The van der Waals surface area contributed by atoms with E-state index in [0.717, 1.165) is 0 Å². The Balaban J connectivity index is 2.19. The van der Waals surface area contributed by atoms with Crippen molar-refractivity contribution in [2.45, 2.75) is 22.7 Å². The number of hydrogen-bond donors (Lipinski definition) is 0. The van der Waals surface area contributed by atoms with Gasteiger partial charge in [0.25, 0.3) is 0 Å². The molecule has 0 fully saturated rings. The molecule has 0 aromatic heterocycles. The third kappa shape index (κ3) is 4.80. The fraction of sp³-hybridized carbons (Fsp3) is 1.00. The summed E-state index contributed by atoms with van der Waals surface area (Å²) < 4.78 is 3.03. The molecule has 1 heteroatoms. The van der Waals surface area contributed by atoms with Crippen molar-refractivity contribution in [3.05, 3.63) is 0 Å². The summed E-state index contributed by atoms with van der Waals surface area (Å²) in [6.07, 6.45) is 0. The van der Waals surface area contributed by atoms with E-state index >= 15 is 0 Å². The standard InChI is InChI=1S/2C2H5.Sn/c2*1-2;/h2*1H2,2H3;/q;;+2. The molecule has 0 N–H and O–H groups in total. The van der Waals surface area contributed by atoms with Crippen LogP contribution in [0.3, 0.4) is 0 Å². The molecule has 0 aliphatic heterocycles. The second kappa shape index (κ2) is 4.80. The summed E-state index contributed by atoms with van der Waals surface area (Å²) >= 11 is 0.218. The quantitative estimate of drug-likeness (QED) is 0.561. The molecular formula is C4H10Sn+2. The third-order valence-corrected chi connectivity index (χ3v) is 3.35. The predicted molar refractivity (Wildman–Crippen MR) is 26.7 cm³/mol. The molecule has 0 spiro atoms. The Bertz CT molecular complexity index is 11.1. The molecule has 0 nitrogen and oxygen atoms in total. The van der Waals surface area contributed by atoms with Gasteiger partial charge in [0.2, 0.25) is 0 Å². The monoisotopic (exact) mass is 178 g/mol. The molecule has 5 heavy (non-hydrogen) atoms. The molecule has 0 aliphatic carbocycles. The van der Waals surface area contributed by atoms with E-state index in [9.17, 15) is 0 Å². The molecule has 0 bridgehead atoms. The summed E-state index contributed by atoms with van der Waals surface area (Å²) in [5.74, 6) is 0. The van der Waals surface area contributed by atoms with Crippen LogP contribution in [0.25, 0.3) is 0 Å². The van der Waals surface area contributed by atoms with Crippen LogP contribution in [-0.4, -0.2) is 21.1 Å². The molecule has 0 aromatic rings. The Hall–Kier alpha value is 0.799. The van der Waals surface area contributed by atoms with Gasteiger partial charge in [0.1, 0.15) is 0 Å². The van der Waals surface area contributed by atoms with E-state index in [4.69, 9.17) is 0 Å². The molecule has 0 saturated carbocycles. The van der Waals surface area contributed by atoms with Crippen molar-refractivity contribution >= 4 is 21.1 Å². The SMILES string of the molecule is C[CH2][Sn+2][CH2]C. The van der Waals surface area contributed by atoms with Gasteiger partial charge >= 0.3 is 43.9 Å². The van der Waals surface area contributed by atoms with Crippen LogP contribution in [-0.2, 0) is 0 Å². The fourth-order valence-corrected chi connectivity index (χ4v) is 1.68. The van der Waals surface area contributed by atoms with Crippen LogP contribution >= 0.6 is 0 Å². The zero-order valence-corrected chi connectivity index (χ0v) is 6.77. The van der Waals surface area contributed by atoms with Crippen molar-refractivity contribution in [1.29, 1.82) is 0 Å². The molecule has 0 radical (unpaired) electrons. The van der Waals surface area contributed by atoms with Crippen LogP contribution in [0.15, 0.2) is 0 Å². The van der Waals surface area contributed by atoms with Gasteiger partial charge in [0.05, 0.1) is 0 Å². The van der Waals surface area contributed by atoms with E-state index in [-0.39, 0.29) is 21.1 Å². The molecular weight excluding hydrogens is 167 g/mol. The van der Waals surface area contributed by atoms with Gasteiger partial charge in [-0.15, -0.1) is 0 Å². The van der Waals surface area contributed by atoms with Gasteiger partial charge in [-0.3, -0.25) is 0 Å². The molecule has 0 atom stereocenters. The van der Waals surface area contributed by atoms with Crippen LogP contribution in [0.2, 0.25) is 8.87 Å². The van der Waals surface area contributed by atoms with E-state index < -0.39 is 0 Å². The summed E-state index contributed by atoms with van der Waals surface area (Å²) in [5.41, 5.74) is 0. The van der Waals surface area contributed by atoms with Gasteiger partial charge in [-0.05, 0) is 0 Å². The van der Waals surface area contributed by atoms with Crippen LogP contribution in [0.5, 0.6) is 0 Å². The zero-order valence-electron chi connectivity index (χ0n) is 3.91. The molecule has 0 heterocycles. The van der Waals surface area contributed by atoms with E-state index in [2.05, 4.69) is 13.8 Å². The first-order chi connectivity index (χ1) is 2.41. The van der Waals surface area contributed by atoms with E-state index in [1.165, 1.54) is 8.87 Å².